The average molecular weight is 296 g/mol. The van der Waals surface area contributed by atoms with E-state index in [1.165, 1.54) is 6.07 Å². The Balaban J connectivity index is 2.34. The van der Waals surface area contributed by atoms with Gasteiger partial charge in [0.05, 0.1) is 10.7 Å². The van der Waals surface area contributed by atoms with Crippen LogP contribution in [0.4, 0.5) is 10.1 Å². The van der Waals surface area contributed by atoms with Crippen molar-refractivity contribution in [1.29, 1.82) is 0 Å². The van der Waals surface area contributed by atoms with Gasteiger partial charge >= 0.3 is 5.97 Å². The van der Waals surface area contributed by atoms with Crippen molar-refractivity contribution in [2.45, 2.75) is 6.04 Å². The van der Waals surface area contributed by atoms with Crippen molar-refractivity contribution >= 4 is 23.3 Å². The molecule has 0 aliphatic rings. The van der Waals surface area contributed by atoms with Crippen LogP contribution in [0.25, 0.3) is 0 Å². The summed E-state index contributed by atoms with van der Waals surface area (Å²) in [6.45, 7) is 0. The lowest BCUT2D eigenvalue weighted by molar-refractivity contribution is -0.138. The van der Waals surface area contributed by atoms with Crippen molar-refractivity contribution in [3.63, 3.8) is 0 Å². The average Bonchev–Trinajstić information content (AvgIpc) is 2.41. The molecule has 4 nitrogen and oxygen atoms in total. The van der Waals surface area contributed by atoms with Gasteiger partial charge in [-0.05, 0) is 29.8 Å². The van der Waals surface area contributed by atoms with Crippen LogP contribution in [0.5, 0.6) is 5.75 Å². The van der Waals surface area contributed by atoms with Crippen LogP contribution in [-0.2, 0) is 4.79 Å². The quantitative estimate of drug-likeness (QED) is 0.808. The predicted octanol–water partition coefficient (Wildman–Crippen LogP) is 3.42. The number of carboxylic acids is 1. The molecule has 0 bridgehead atoms. The number of carbonyl (C=O) groups is 1. The van der Waals surface area contributed by atoms with Gasteiger partial charge in [0.25, 0.3) is 0 Å². The molecule has 0 saturated carbocycles. The molecule has 0 radical (unpaired) electrons. The normalized spacial score (nSPS) is 11.9. The van der Waals surface area contributed by atoms with Crippen LogP contribution in [0.3, 0.4) is 0 Å². The first-order valence-corrected chi connectivity index (χ1v) is 6.09. The minimum Gasteiger partial charge on any atom is -0.505 e. The van der Waals surface area contributed by atoms with Crippen LogP contribution >= 0.6 is 11.6 Å². The second-order valence-electron chi connectivity index (χ2n) is 4.11. The van der Waals surface area contributed by atoms with Gasteiger partial charge < -0.3 is 15.5 Å². The zero-order valence-electron chi connectivity index (χ0n) is 10.2. The Morgan fingerprint density at radius 1 is 1.25 bits per heavy atom. The van der Waals surface area contributed by atoms with E-state index in [0.717, 1.165) is 12.1 Å². The van der Waals surface area contributed by atoms with E-state index in [-0.39, 0.29) is 5.56 Å². The van der Waals surface area contributed by atoms with Crippen LogP contribution in [-0.4, -0.2) is 16.2 Å². The van der Waals surface area contributed by atoms with Crippen molar-refractivity contribution in [2.24, 2.45) is 0 Å². The molecule has 0 aliphatic heterocycles. The third-order valence-corrected chi connectivity index (χ3v) is 3.06. The van der Waals surface area contributed by atoms with Gasteiger partial charge in [0.1, 0.15) is 0 Å². The molecule has 0 aromatic heterocycles. The van der Waals surface area contributed by atoms with E-state index in [1.54, 1.807) is 24.3 Å². The fraction of sp³-hybridized carbons (Fsp3) is 0.0714. The molecule has 0 spiro atoms. The number of phenolic OH excluding ortho intramolecular Hbond substituents is 1. The van der Waals surface area contributed by atoms with E-state index in [2.05, 4.69) is 5.32 Å². The molecule has 0 heterocycles. The van der Waals surface area contributed by atoms with Gasteiger partial charge in [-0.3, -0.25) is 0 Å². The smallest absolute Gasteiger partial charge is 0.330 e. The van der Waals surface area contributed by atoms with Crippen molar-refractivity contribution in [3.05, 3.63) is 58.9 Å². The Bertz CT molecular complexity index is 648. The summed E-state index contributed by atoms with van der Waals surface area (Å²) in [4.78, 5) is 11.3. The molecule has 2 rings (SSSR count). The molecule has 3 N–H and O–H groups in total. The van der Waals surface area contributed by atoms with E-state index in [0.29, 0.717) is 10.7 Å². The number of aromatic hydroxyl groups is 1. The summed E-state index contributed by atoms with van der Waals surface area (Å²) in [5.74, 6) is -2.60. The number of halogens is 2. The van der Waals surface area contributed by atoms with E-state index < -0.39 is 23.6 Å². The van der Waals surface area contributed by atoms with Gasteiger partial charge in [-0.15, -0.1) is 0 Å². The second-order valence-corrected chi connectivity index (χ2v) is 4.51. The van der Waals surface area contributed by atoms with Crippen LogP contribution in [0, 0.1) is 5.82 Å². The van der Waals surface area contributed by atoms with Gasteiger partial charge in [0.2, 0.25) is 0 Å². The summed E-state index contributed by atoms with van der Waals surface area (Å²) in [7, 11) is 0. The molecule has 1 unspecified atom stereocenters. The molecule has 0 amide bonds. The van der Waals surface area contributed by atoms with Gasteiger partial charge in [-0.2, -0.15) is 0 Å². The number of phenols is 1. The van der Waals surface area contributed by atoms with Gasteiger partial charge in [-0.1, -0.05) is 29.8 Å². The molecule has 2 aromatic rings. The number of hydrogen-bond acceptors (Lipinski definition) is 3. The number of benzene rings is 2. The molecular weight excluding hydrogens is 285 g/mol. The first-order chi connectivity index (χ1) is 9.49. The summed E-state index contributed by atoms with van der Waals surface area (Å²) in [5, 5.41) is 21.5. The third-order valence-electron chi connectivity index (χ3n) is 2.73. The Kier molecular flexibility index (Phi) is 4.10. The van der Waals surface area contributed by atoms with E-state index in [9.17, 15) is 14.3 Å². The zero-order chi connectivity index (χ0) is 14.7. The molecule has 20 heavy (non-hydrogen) atoms. The number of anilines is 1. The maximum absolute atomic E-state index is 13.3. The molecule has 0 fully saturated rings. The number of rotatable bonds is 4. The summed E-state index contributed by atoms with van der Waals surface area (Å²) < 4.78 is 13.3. The van der Waals surface area contributed by atoms with Gasteiger partial charge in [0.15, 0.2) is 17.6 Å². The topological polar surface area (TPSA) is 69.6 Å². The molecule has 104 valence electrons. The fourth-order valence-electron chi connectivity index (χ4n) is 1.72. The molecule has 1 atom stereocenters. The highest BCUT2D eigenvalue weighted by atomic mass is 35.5. The lowest BCUT2D eigenvalue weighted by Crippen LogP contribution is -2.20. The maximum atomic E-state index is 13.3. The number of hydrogen-bond donors (Lipinski definition) is 3. The van der Waals surface area contributed by atoms with Crippen LogP contribution in [0.2, 0.25) is 5.02 Å². The first-order valence-electron chi connectivity index (χ1n) is 5.71. The summed E-state index contributed by atoms with van der Waals surface area (Å²) in [5.41, 5.74) is 0.600. The van der Waals surface area contributed by atoms with Crippen molar-refractivity contribution in [3.8, 4) is 5.75 Å². The van der Waals surface area contributed by atoms with Crippen molar-refractivity contribution < 1.29 is 19.4 Å². The first kappa shape index (κ1) is 14.1. The van der Waals surface area contributed by atoms with Crippen LogP contribution < -0.4 is 5.32 Å². The van der Waals surface area contributed by atoms with E-state index in [1.807, 2.05) is 0 Å². The Hall–Kier alpha value is -2.27. The van der Waals surface area contributed by atoms with E-state index in [4.69, 9.17) is 16.7 Å². The molecule has 2 aromatic carbocycles. The zero-order valence-corrected chi connectivity index (χ0v) is 10.9. The highest BCUT2D eigenvalue weighted by Gasteiger charge is 2.21. The maximum Gasteiger partial charge on any atom is 0.330 e. The number of aliphatic carboxylic acids is 1. The highest BCUT2D eigenvalue weighted by Crippen LogP contribution is 2.28. The van der Waals surface area contributed by atoms with Crippen LogP contribution in [0.15, 0.2) is 42.5 Å². The Labute approximate surface area is 119 Å². The van der Waals surface area contributed by atoms with E-state index >= 15 is 0 Å². The molecule has 0 aliphatic carbocycles. The predicted molar refractivity (Wildman–Crippen MR) is 73.5 cm³/mol. The lowest BCUT2D eigenvalue weighted by Gasteiger charge is -2.17. The minimum absolute atomic E-state index is 0.174. The second kappa shape index (κ2) is 5.79. The van der Waals surface area contributed by atoms with Gasteiger partial charge in [-0.25, -0.2) is 9.18 Å². The largest absolute Gasteiger partial charge is 0.505 e. The molecule has 0 saturated heterocycles. The molecule has 6 heteroatoms. The van der Waals surface area contributed by atoms with Crippen molar-refractivity contribution in [1.82, 2.24) is 0 Å². The van der Waals surface area contributed by atoms with Crippen molar-refractivity contribution in [2.75, 3.05) is 5.32 Å². The minimum atomic E-state index is -1.19. The lowest BCUT2D eigenvalue weighted by atomic mass is 10.1. The SMILES string of the molecule is O=C(O)C(Nc1ccccc1Cl)c1ccc(O)c(F)c1. The summed E-state index contributed by atoms with van der Waals surface area (Å²) in [6, 6.07) is 8.88. The number of para-hydroxylation sites is 1. The fourth-order valence-corrected chi connectivity index (χ4v) is 1.91. The number of nitrogens with one attached hydrogen (secondary N) is 1. The number of carboxylic acid groups (broad SMARTS) is 1. The molecular formula is C14H11ClFNO3. The highest BCUT2D eigenvalue weighted by molar-refractivity contribution is 6.33. The van der Waals surface area contributed by atoms with Crippen LogP contribution in [0.1, 0.15) is 11.6 Å². The standard InChI is InChI=1S/C14H11ClFNO3/c15-9-3-1-2-4-11(9)17-13(14(19)20)8-5-6-12(18)10(16)7-8/h1-7,13,17-18H,(H,19,20). The summed E-state index contributed by atoms with van der Waals surface area (Å²) in [6.07, 6.45) is 0. The van der Waals surface area contributed by atoms with Gasteiger partial charge in [0, 0.05) is 0 Å². The Morgan fingerprint density at radius 2 is 1.95 bits per heavy atom. The monoisotopic (exact) mass is 295 g/mol. The summed E-state index contributed by atoms with van der Waals surface area (Å²) >= 11 is 5.95. The Morgan fingerprint density at radius 3 is 2.55 bits per heavy atom. The third kappa shape index (κ3) is 3.00.